The number of rotatable bonds is 3. The number of likely N-dealkylation sites (N-methyl/N-ethyl adjacent to an activating group) is 1. The van der Waals surface area contributed by atoms with Crippen LogP contribution in [0, 0.1) is 0 Å². The third kappa shape index (κ3) is 4.15. The average molecular weight is 248 g/mol. The lowest BCUT2D eigenvalue weighted by Crippen LogP contribution is -2.49. The summed E-state index contributed by atoms with van der Waals surface area (Å²) < 4.78 is 0. The molecule has 3 nitrogen and oxygen atoms in total. The van der Waals surface area contributed by atoms with Crippen LogP contribution >= 0.6 is 0 Å². The Hall–Kier alpha value is -1.35. The molecule has 0 saturated carbocycles. The Morgan fingerprint density at radius 3 is 2.33 bits per heavy atom. The van der Waals surface area contributed by atoms with Crippen molar-refractivity contribution in [3.8, 4) is 0 Å². The Morgan fingerprint density at radius 1 is 1.11 bits per heavy atom. The summed E-state index contributed by atoms with van der Waals surface area (Å²) in [6, 6.07) is 10.3. The van der Waals surface area contributed by atoms with E-state index in [1.165, 1.54) is 5.56 Å². The van der Waals surface area contributed by atoms with Crippen molar-refractivity contribution in [3.63, 3.8) is 0 Å². The van der Waals surface area contributed by atoms with Gasteiger partial charge in [0.1, 0.15) is 0 Å². The van der Waals surface area contributed by atoms with Crippen LogP contribution in [0.2, 0.25) is 0 Å². The Balaban J connectivity index is 0.000000771. The van der Waals surface area contributed by atoms with Crippen LogP contribution < -0.4 is 0 Å². The van der Waals surface area contributed by atoms with Crippen molar-refractivity contribution < 1.29 is 4.79 Å². The van der Waals surface area contributed by atoms with Crippen molar-refractivity contribution in [3.05, 3.63) is 35.9 Å². The molecular weight excluding hydrogens is 224 g/mol. The van der Waals surface area contributed by atoms with Crippen molar-refractivity contribution in [2.75, 3.05) is 26.2 Å². The van der Waals surface area contributed by atoms with E-state index in [4.69, 9.17) is 0 Å². The van der Waals surface area contributed by atoms with Gasteiger partial charge in [0.2, 0.25) is 5.91 Å². The van der Waals surface area contributed by atoms with Crippen LogP contribution in [0.4, 0.5) is 0 Å². The van der Waals surface area contributed by atoms with E-state index in [1.54, 1.807) is 0 Å². The van der Waals surface area contributed by atoms with Gasteiger partial charge in [-0.25, -0.2) is 0 Å². The molecule has 18 heavy (non-hydrogen) atoms. The molecule has 0 unspecified atom stereocenters. The number of hydrogen-bond acceptors (Lipinski definition) is 2. The Morgan fingerprint density at radius 2 is 1.78 bits per heavy atom. The molecule has 1 amide bonds. The van der Waals surface area contributed by atoms with Gasteiger partial charge in [0.25, 0.3) is 0 Å². The summed E-state index contributed by atoms with van der Waals surface area (Å²) in [7, 11) is 0. The maximum absolute atomic E-state index is 11.7. The normalized spacial score (nSPS) is 16.2. The van der Waals surface area contributed by atoms with Gasteiger partial charge in [-0.2, -0.15) is 0 Å². The number of carbonyl (C=O) groups is 1. The monoisotopic (exact) mass is 248 g/mol. The summed E-state index contributed by atoms with van der Waals surface area (Å²) in [5, 5.41) is 0. The number of piperazine rings is 1. The molecule has 1 aliphatic rings. The van der Waals surface area contributed by atoms with Gasteiger partial charge in [0, 0.05) is 26.2 Å². The van der Waals surface area contributed by atoms with E-state index in [1.807, 2.05) is 43.9 Å². The molecule has 1 aromatic carbocycles. The quantitative estimate of drug-likeness (QED) is 0.820. The molecule has 0 aromatic heterocycles. The zero-order valence-corrected chi connectivity index (χ0v) is 11.7. The fourth-order valence-electron chi connectivity index (χ4n) is 2.07. The van der Waals surface area contributed by atoms with Crippen LogP contribution in [0.5, 0.6) is 0 Å². The minimum atomic E-state index is 0.254. The molecule has 0 N–H and O–H groups in total. The topological polar surface area (TPSA) is 23.6 Å². The number of carbonyl (C=O) groups excluding carboxylic acids is 1. The van der Waals surface area contributed by atoms with Crippen LogP contribution in [-0.4, -0.2) is 41.9 Å². The van der Waals surface area contributed by atoms with Crippen LogP contribution in [0.15, 0.2) is 30.3 Å². The van der Waals surface area contributed by atoms with E-state index in [2.05, 4.69) is 17.0 Å². The zero-order chi connectivity index (χ0) is 13.4. The lowest BCUT2D eigenvalue weighted by atomic mass is 10.2. The molecule has 1 heterocycles. The number of nitrogens with zero attached hydrogens (tertiary/aromatic N) is 2. The largest absolute Gasteiger partial charge is 0.341 e. The third-order valence-electron chi connectivity index (χ3n) is 3.03. The predicted octanol–water partition coefficient (Wildman–Crippen LogP) is 2.38. The van der Waals surface area contributed by atoms with Gasteiger partial charge >= 0.3 is 0 Å². The second-order valence-corrected chi connectivity index (χ2v) is 4.17. The minimum absolute atomic E-state index is 0.254. The molecule has 1 aliphatic heterocycles. The third-order valence-corrected chi connectivity index (χ3v) is 3.03. The molecule has 2 rings (SSSR count). The van der Waals surface area contributed by atoms with Crippen molar-refractivity contribution in [2.45, 2.75) is 27.3 Å². The summed E-state index contributed by atoms with van der Waals surface area (Å²) in [6.45, 7) is 10.1. The summed E-state index contributed by atoms with van der Waals surface area (Å²) in [4.78, 5) is 15.8. The fraction of sp³-hybridized carbons (Fsp3) is 0.533. The van der Waals surface area contributed by atoms with Crippen LogP contribution in [0.3, 0.4) is 0 Å². The molecule has 0 radical (unpaired) electrons. The van der Waals surface area contributed by atoms with E-state index >= 15 is 0 Å². The standard InChI is InChI=1S/C13H18N2O.C2H6/c1-2-15-9-8-14(11-13(15)16)10-12-6-4-3-5-7-12;1-2/h3-7H,2,8-11H2,1H3;1-2H3. The molecule has 0 atom stereocenters. The smallest absolute Gasteiger partial charge is 0.236 e. The molecule has 1 saturated heterocycles. The maximum atomic E-state index is 11.7. The fourth-order valence-corrected chi connectivity index (χ4v) is 2.07. The highest BCUT2D eigenvalue weighted by molar-refractivity contribution is 5.78. The first kappa shape index (κ1) is 14.7. The molecule has 100 valence electrons. The molecule has 0 aliphatic carbocycles. The van der Waals surface area contributed by atoms with E-state index in [9.17, 15) is 4.79 Å². The van der Waals surface area contributed by atoms with Gasteiger partial charge in [-0.1, -0.05) is 44.2 Å². The van der Waals surface area contributed by atoms with Gasteiger partial charge in [-0.05, 0) is 12.5 Å². The van der Waals surface area contributed by atoms with E-state index in [-0.39, 0.29) is 5.91 Å². The Kier molecular flexibility index (Phi) is 6.44. The minimum Gasteiger partial charge on any atom is -0.341 e. The van der Waals surface area contributed by atoms with Crippen molar-refractivity contribution >= 4 is 5.91 Å². The van der Waals surface area contributed by atoms with Gasteiger partial charge in [-0.15, -0.1) is 0 Å². The average Bonchev–Trinajstić information content (AvgIpc) is 2.42. The highest BCUT2D eigenvalue weighted by Gasteiger charge is 2.22. The van der Waals surface area contributed by atoms with Gasteiger partial charge in [0.05, 0.1) is 6.54 Å². The summed E-state index contributed by atoms with van der Waals surface area (Å²) >= 11 is 0. The SMILES string of the molecule is CC.CCN1CCN(Cc2ccccc2)CC1=O. The van der Waals surface area contributed by atoms with E-state index in [0.29, 0.717) is 6.54 Å². The Bertz CT molecular complexity index is 351. The second kappa shape index (κ2) is 7.88. The highest BCUT2D eigenvalue weighted by Crippen LogP contribution is 2.08. The lowest BCUT2D eigenvalue weighted by molar-refractivity contribution is -0.135. The molecule has 0 bridgehead atoms. The second-order valence-electron chi connectivity index (χ2n) is 4.17. The van der Waals surface area contributed by atoms with Crippen LogP contribution in [0.1, 0.15) is 26.3 Å². The highest BCUT2D eigenvalue weighted by atomic mass is 16.2. The van der Waals surface area contributed by atoms with Gasteiger partial charge in [0.15, 0.2) is 0 Å². The Labute approximate surface area is 110 Å². The molecule has 3 heteroatoms. The van der Waals surface area contributed by atoms with E-state index < -0.39 is 0 Å². The summed E-state index contributed by atoms with van der Waals surface area (Å²) in [6.07, 6.45) is 0. The lowest BCUT2D eigenvalue weighted by Gasteiger charge is -2.33. The summed E-state index contributed by atoms with van der Waals surface area (Å²) in [5.74, 6) is 0.254. The van der Waals surface area contributed by atoms with Crippen molar-refractivity contribution in [2.24, 2.45) is 0 Å². The zero-order valence-electron chi connectivity index (χ0n) is 11.7. The predicted molar refractivity (Wildman–Crippen MR) is 75.3 cm³/mol. The number of amides is 1. The van der Waals surface area contributed by atoms with Crippen LogP contribution in [0.25, 0.3) is 0 Å². The van der Waals surface area contributed by atoms with Crippen LogP contribution in [-0.2, 0) is 11.3 Å². The molecule has 0 spiro atoms. The van der Waals surface area contributed by atoms with Crippen molar-refractivity contribution in [1.29, 1.82) is 0 Å². The molecule has 1 aromatic rings. The molecular formula is C15H24N2O. The maximum Gasteiger partial charge on any atom is 0.236 e. The number of benzene rings is 1. The van der Waals surface area contributed by atoms with Crippen molar-refractivity contribution in [1.82, 2.24) is 9.80 Å². The first-order chi connectivity index (χ1) is 8.79. The first-order valence-electron chi connectivity index (χ1n) is 6.83. The van der Waals surface area contributed by atoms with Gasteiger partial charge < -0.3 is 4.90 Å². The first-order valence-corrected chi connectivity index (χ1v) is 6.83. The van der Waals surface area contributed by atoms with Gasteiger partial charge in [-0.3, -0.25) is 9.69 Å². The van der Waals surface area contributed by atoms with E-state index in [0.717, 1.165) is 26.2 Å². The molecule has 1 fully saturated rings. The summed E-state index contributed by atoms with van der Waals surface area (Å²) in [5.41, 5.74) is 1.28. The number of hydrogen-bond donors (Lipinski definition) is 0.